The lowest BCUT2D eigenvalue weighted by Gasteiger charge is -2.15. The van der Waals surface area contributed by atoms with E-state index in [1.807, 2.05) is 13.0 Å². The highest BCUT2D eigenvalue weighted by Crippen LogP contribution is 2.18. The maximum absolute atomic E-state index is 12.4. The van der Waals surface area contributed by atoms with Crippen molar-refractivity contribution in [2.45, 2.75) is 32.8 Å². The zero-order valence-corrected chi connectivity index (χ0v) is 17.3. The first kappa shape index (κ1) is 23.7. The summed E-state index contributed by atoms with van der Waals surface area (Å²) in [4.78, 5) is 24.3. The Labute approximate surface area is 172 Å². The van der Waals surface area contributed by atoms with Crippen molar-refractivity contribution in [1.29, 1.82) is 0 Å². The van der Waals surface area contributed by atoms with Crippen LogP contribution in [0.3, 0.4) is 0 Å². The highest BCUT2D eigenvalue weighted by molar-refractivity contribution is 6.31. The van der Waals surface area contributed by atoms with Gasteiger partial charge in [0.15, 0.2) is 5.78 Å². The molecule has 1 aliphatic rings. The summed E-state index contributed by atoms with van der Waals surface area (Å²) >= 11 is 5.85. The second-order valence-electron chi connectivity index (χ2n) is 6.44. The first-order valence-electron chi connectivity index (χ1n) is 9.03. The van der Waals surface area contributed by atoms with Crippen molar-refractivity contribution in [1.82, 2.24) is 5.32 Å². The average molecular weight is 406 g/mol. The summed E-state index contributed by atoms with van der Waals surface area (Å²) in [7, 11) is 0. The van der Waals surface area contributed by atoms with Crippen LogP contribution in [0.5, 0.6) is 0 Å². The zero-order chi connectivity index (χ0) is 21.1. The van der Waals surface area contributed by atoms with Gasteiger partial charge in [0.1, 0.15) is 11.9 Å². The fraction of sp³-hybridized carbons (Fsp3) is 0.364. The van der Waals surface area contributed by atoms with E-state index in [1.54, 1.807) is 12.2 Å². The molecule has 1 saturated heterocycles. The molecule has 1 N–H and O–H groups in total. The third kappa shape index (κ3) is 8.55. The van der Waals surface area contributed by atoms with Gasteiger partial charge in [-0.05, 0) is 32.4 Å². The minimum atomic E-state index is -0.460. The van der Waals surface area contributed by atoms with Crippen LogP contribution in [0, 0.1) is 0 Å². The van der Waals surface area contributed by atoms with Gasteiger partial charge in [0.05, 0.1) is 18.8 Å². The van der Waals surface area contributed by atoms with Gasteiger partial charge in [-0.2, -0.15) is 0 Å². The van der Waals surface area contributed by atoms with Crippen molar-refractivity contribution in [3.05, 3.63) is 71.6 Å². The summed E-state index contributed by atoms with van der Waals surface area (Å²) in [6.07, 6.45) is 7.85. The topological polar surface area (TPSA) is 64.6 Å². The smallest absolute Gasteiger partial charge is 0.254 e. The van der Waals surface area contributed by atoms with Gasteiger partial charge in [0, 0.05) is 23.6 Å². The summed E-state index contributed by atoms with van der Waals surface area (Å²) in [6, 6.07) is 0. The molecule has 0 bridgehead atoms. The molecular formula is C22H28ClNO4. The first-order chi connectivity index (χ1) is 13.2. The van der Waals surface area contributed by atoms with E-state index in [-0.39, 0.29) is 17.5 Å². The molecule has 0 aromatic carbocycles. The SMILES string of the molecule is C=CC(Cl)=CC=C(C)CCNC(=O)C(=CC(=C)C(=C)OC1CCOC1)C(C)=O. The van der Waals surface area contributed by atoms with E-state index >= 15 is 0 Å². The number of ketones is 1. The van der Waals surface area contributed by atoms with E-state index in [0.717, 1.165) is 12.0 Å². The van der Waals surface area contributed by atoms with E-state index in [1.165, 1.54) is 13.0 Å². The van der Waals surface area contributed by atoms with Crippen molar-refractivity contribution in [2.75, 3.05) is 19.8 Å². The van der Waals surface area contributed by atoms with Crippen LogP contribution in [-0.4, -0.2) is 37.6 Å². The van der Waals surface area contributed by atoms with E-state index in [0.29, 0.717) is 42.5 Å². The van der Waals surface area contributed by atoms with Gasteiger partial charge in [-0.3, -0.25) is 9.59 Å². The molecule has 5 nitrogen and oxygen atoms in total. The van der Waals surface area contributed by atoms with Gasteiger partial charge in [-0.25, -0.2) is 0 Å². The zero-order valence-electron chi connectivity index (χ0n) is 16.6. The minimum Gasteiger partial charge on any atom is -0.488 e. The number of amides is 1. The number of allylic oxidation sites excluding steroid dienone is 5. The Bertz CT molecular complexity index is 725. The Hall–Kier alpha value is -2.37. The van der Waals surface area contributed by atoms with E-state index in [9.17, 15) is 9.59 Å². The number of carbonyl (C=O) groups is 2. The Kier molecular flexibility index (Phi) is 10.3. The number of Topliss-reactive ketones (excluding diaryl/α,β-unsaturated/α-hetero) is 1. The highest BCUT2D eigenvalue weighted by atomic mass is 35.5. The third-order valence-corrected chi connectivity index (χ3v) is 4.30. The predicted octanol–water partition coefficient (Wildman–Crippen LogP) is 4.14. The summed E-state index contributed by atoms with van der Waals surface area (Å²) in [6.45, 7) is 16.0. The van der Waals surface area contributed by atoms with Crippen LogP contribution in [0.25, 0.3) is 0 Å². The number of nitrogens with one attached hydrogen (secondary N) is 1. The largest absolute Gasteiger partial charge is 0.488 e. The Morgan fingerprint density at radius 1 is 1.29 bits per heavy atom. The molecule has 1 heterocycles. The molecule has 1 amide bonds. The Morgan fingerprint density at radius 3 is 2.57 bits per heavy atom. The lowest BCUT2D eigenvalue weighted by molar-refractivity contribution is -0.121. The molecule has 0 aromatic rings. The molecular weight excluding hydrogens is 378 g/mol. The van der Waals surface area contributed by atoms with Gasteiger partial charge in [-0.1, -0.05) is 49.1 Å². The highest BCUT2D eigenvalue weighted by Gasteiger charge is 2.19. The van der Waals surface area contributed by atoms with Crippen molar-refractivity contribution < 1.29 is 19.1 Å². The van der Waals surface area contributed by atoms with Gasteiger partial charge in [0.2, 0.25) is 0 Å². The second-order valence-corrected chi connectivity index (χ2v) is 6.88. The van der Waals surface area contributed by atoms with Crippen LogP contribution in [0.2, 0.25) is 0 Å². The molecule has 0 spiro atoms. The van der Waals surface area contributed by atoms with Crippen molar-refractivity contribution in [3.63, 3.8) is 0 Å². The van der Waals surface area contributed by atoms with Crippen molar-refractivity contribution >= 4 is 23.3 Å². The molecule has 1 aliphatic heterocycles. The standard InChI is InChI=1S/C22H28ClNO4/c1-6-19(23)8-7-15(2)9-11-24-22(26)21(17(4)25)13-16(3)18(5)28-20-10-12-27-14-20/h6-8,13,20H,1,3,5,9-12,14H2,2,4H3,(H,24,26). The lowest BCUT2D eigenvalue weighted by Crippen LogP contribution is -2.29. The minimum absolute atomic E-state index is 0.00801. The van der Waals surface area contributed by atoms with Gasteiger partial charge >= 0.3 is 0 Å². The summed E-state index contributed by atoms with van der Waals surface area (Å²) in [5.41, 5.74) is 1.42. The van der Waals surface area contributed by atoms with Gasteiger partial charge in [0.25, 0.3) is 5.91 Å². The molecule has 1 rings (SSSR count). The number of carbonyl (C=O) groups excluding carboxylic acids is 2. The average Bonchev–Trinajstić information content (AvgIpc) is 3.16. The number of hydrogen-bond acceptors (Lipinski definition) is 4. The number of halogens is 1. The van der Waals surface area contributed by atoms with Crippen LogP contribution < -0.4 is 5.32 Å². The quantitative estimate of drug-likeness (QED) is 0.184. The Morgan fingerprint density at radius 2 is 2.00 bits per heavy atom. The Balaban J connectivity index is 2.63. The van der Waals surface area contributed by atoms with Gasteiger partial charge < -0.3 is 14.8 Å². The van der Waals surface area contributed by atoms with Crippen LogP contribution in [0.1, 0.15) is 26.7 Å². The predicted molar refractivity (Wildman–Crippen MR) is 113 cm³/mol. The molecule has 0 aromatic heterocycles. The molecule has 1 unspecified atom stereocenters. The fourth-order valence-electron chi connectivity index (χ4n) is 2.31. The number of rotatable bonds is 11. The van der Waals surface area contributed by atoms with Crippen LogP contribution in [0.15, 0.2) is 71.6 Å². The number of ether oxygens (including phenoxy) is 2. The monoisotopic (exact) mass is 405 g/mol. The summed E-state index contributed by atoms with van der Waals surface area (Å²) in [5.74, 6) is -0.492. The van der Waals surface area contributed by atoms with E-state index in [2.05, 4.69) is 25.1 Å². The van der Waals surface area contributed by atoms with E-state index in [4.69, 9.17) is 21.1 Å². The molecule has 0 saturated carbocycles. The van der Waals surface area contributed by atoms with Gasteiger partial charge in [-0.15, -0.1) is 0 Å². The lowest BCUT2D eigenvalue weighted by atomic mass is 10.1. The maximum Gasteiger partial charge on any atom is 0.254 e. The van der Waals surface area contributed by atoms with Crippen LogP contribution >= 0.6 is 11.6 Å². The molecule has 0 radical (unpaired) electrons. The van der Waals surface area contributed by atoms with Crippen LogP contribution in [-0.2, 0) is 19.1 Å². The fourth-order valence-corrected chi connectivity index (χ4v) is 2.37. The summed E-state index contributed by atoms with van der Waals surface area (Å²) < 4.78 is 10.9. The number of hydrogen-bond donors (Lipinski definition) is 1. The molecule has 1 atom stereocenters. The first-order valence-corrected chi connectivity index (χ1v) is 9.41. The molecule has 28 heavy (non-hydrogen) atoms. The second kappa shape index (κ2) is 12.2. The normalized spacial score (nSPS) is 17.8. The van der Waals surface area contributed by atoms with E-state index < -0.39 is 5.91 Å². The van der Waals surface area contributed by atoms with Crippen molar-refractivity contribution in [3.8, 4) is 0 Å². The summed E-state index contributed by atoms with van der Waals surface area (Å²) in [5, 5.41) is 3.28. The van der Waals surface area contributed by atoms with Crippen molar-refractivity contribution in [2.24, 2.45) is 0 Å². The third-order valence-electron chi connectivity index (χ3n) is 4.02. The molecule has 6 heteroatoms. The maximum atomic E-state index is 12.4. The molecule has 152 valence electrons. The molecule has 1 fully saturated rings. The van der Waals surface area contributed by atoms with Crippen LogP contribution in [0.4, 0.5) is 0 Å². The molecule has 0 aliphatic carbocycles.